The molecule has 2 bridgehead atoms. The van der Waals surface area contributed by atoms with Gasteiger partial charge in [-0.2, -0.15) is 0 Å². The Balaban J connectivity index is 2.21. The summed E-state index contributed by atoms with van der Waals surface area (Å²) in [4.78, 5) is 0. The number of ether oxygens (including phenoxy) is 2. The molecule has 2 nitrogen and oxygen atoms in total. The van der Waals surface area contributed by atoms with Crippen molar-refractivity contribution in [3.8, 4) is 0 Å². The van der Waals surface area contributed by atoms with Crippen LogP contribution in [0.3, 0.4) is 0 Å². The molecule has 2 aliphatic rings. The lowest BCUT2D eigenvalue weighted by atomic mass is 9.74. The van der Waals surface area contributed by atoms with Crippen molar-refractivity contribution in [2.45, 2.75) is 51.8 Å². The Labute approximate surface area is 94.1 Å². The summed E-state index contributed by atoms with van der Waals surface area (Å²) in [5, 5.41) is 0. The van der Waals surface area contributed by atoms with E-state index in [0.29, 0.717) is 17.8 Å². The number of rotatable bonds is 3. The van der Waals surface area contributed by atoms with Crippen molar-refractivity contribution >= 4 is 7.85 Å². The molecular weight excluding hydrogens is 187 g/mol. The van der Waals surface area contributed by atoms with E-state index in [2.05, 4.69) is 27.7 Å². The largest absolute Gasteiger partial charge is 0.376 e. The minimum absolute atomic E-state index is 0.105. The second-order valence-corrected chi connectivity index (χ2v) is 5.79. The predicted molar refractivity (Wildman–Crippen MR) is 60.9 cm³/mol. The highest BCUT2D eigenvalue weighted by Gasteiger charge is 2.59. The van der Waals surface area contributed by atoms with Crippen molar-refractivity contribution < 1.29 is 9.47 Å². The highest BCUT2D eigenvalue weighted by atomic mass is 16.6. The number of hydrogen-bond acceptors (Lipinski definition) is 2. The fraction of sp³-hybridized carbons (Fsp3) is 1.00. The van der Waals surface area contributed by atoms with Crippen LogP contribution in [0.5, 0.6) is 0 Å². The fourth-order valence-electron chi connectivity index (χ4n) is 3.41. The summed E-state index contributed by atoms with van der Waals surface area (Å²) < 4.78 is 11.8. The first kappa shape index (κ1) is 11.5. The van der Waals surface area contributed by atoms with Crippen LogP contribution in [0.25, 0.3) is 0 Å². The van der Waals surface area contributed by atoms with Crippen LogP contribution in [0.4, 0.5) is 0 Å². The standard InChI is InChI=1S/C12H21BO2/c1-7(2)5-12-6-14-10(11(13)15-12)9(12)8(3)4/h7-11H,5-6H2,1-4H3/t9?,10-,11+,12-/m0/s1. The Bertz CT molecular complexity index is 242. The third kappa shape index (κ3) is 1.74. The molecule has 0 amide bonds. The Morgan fingerprint density at radius 3 is 2.47 bits per heavy atom. The van der Waals surface area contributed by atoms with Gasteiger partial charge < -0.3 is 9.47 Å². The van der Waals surface area contributed by atoms with Gasteiger partial charge in [0.2, 0.25) is 0 Å². The molecule has 3 heteroatoms. The lowest BCUT2D eigenvalue weighted by Crippen LogP contribution is -2.41. The van der Waals surface area contributed by atoms with Crippen LogP contribution < -0.4 is 0 Å². The molecule has 0 N–H and O–H groups in total. The topological polar surface area (TPSA) is 18.5 Å². The molecule has 0 aromatic carbocycles. The van der Waals surface area contributed by atoms with Gasteiger partial charge in [0.05, 0.1) is 18.3 Å². The van der Waals surface area contributed by atoms with Gasteiger partial charge in [0.25, 0.3) is 0 Å². The molecule has 15 heavy (non-hydrogen) atoms. The van der Waals surface area contributed by atoms with Gasteiger partial charge in [-0.1, -0.05) is 27.7 Å². The van der Waals surface area contributed by atoms with Crippen LogP contribution in [0.1, 0.15) is 34.1 Å². The summed E-state index contributed by atoms with van der Waals surface area (Å²) in [5.41, 5.74) is -0.105. The number of hydrogen-bond donors (Lipinski definition) is 0. The normalized spacial score (nSPS) is 44.5. The summed E-state index contributed by atoms with van der Waals surface area (Å²) in [5.74, 6) is 1.67. The van der Waals surface area contributed by atoms with Gasteiger partial charge in [0.15, 0.2) is 0 Å². The zero-order valence-electron chi connectivity index (χ0n) is 10.2. The van der Waals surface area contributed by atoms with E-state index in [4.69, 9.17) is 17.3 Å². The van der Waals surface area contributed by atoms with E-state index < -0.39 is 0 Å². The molecule has 84 valence electrons. The maximum atomic E-state index is 5.99. The molecule has 2 fully saturated rings. The van der Waals surface area contributed by atoms with E-state index in [1.165, 1.54) is 0 Å². The van der Waals surface area contributed by atoms with Gasteiger partial charge in [0.1, 0.15) is 7.85 Å². The SMILES string of the molecule is [B][C@@H]1O[C@@]2(CC(C)C)CO[C@H]1C2C(C)C. The van der Waals surface area contributed by atoms with Crippen molar-refractivity contribution in [3.05, 3.63) is 0 Å². The Hall–Kier alpha value is -0.0151. The van der Waals surface area contributed by atoms with E-state index in [9.17, 15) is 0 Å². The summed E-state index contributed by atoms with van der Waals surface area (Å²) in [6.45, 7) is 9.66. The smallest absolute Gasteiger partial charge is 0.112 e. The third-order valence-corrected chi connectivity index (χ3v) is 3.65. The molecule has 2 rings (SSSR count). The van der Waals surface area contributed by atoms with Crippen LogP contribution >= 0.6 is 0 Å². The molecule has 0 saturated carbocycles. The maximum absolute atomic E-state index is 5.99. The first-order valence-electron chi connectivity index (χ1n) is 6.01. The van der Waals surface area contributed by atoms with Gasteiger partial charge in [0, 0.05) is 11.9 Å². The van der Waals surface area contributed by atoms with Crippen LogP contribution in [0.2, 0.25) is 0 Å². The Morgan fingerprint density at radius 2 is 2.00 bits per heavy atom. The summed E-state index contributed by atoms with van der Waals surface area (Å²) in [6, 6.07) is -0.218. The average molecular weight is 208 g/mol. The number of fused-ring (bicyclic) bond motifs is 2. The van der Waals surface area contributed by atoms with Crippen LogP contribution in [-0.2, 0) is 9.47 Å². The van der Waals surface area contributed by atoms with E-state index >= 15 is 0 Å². The second kappa shape index (κ2) is 3.78. The Morgan fingerprint density at radius 1 is 1.33 bits per heavy atom. The molecular formula is C12H21BO2. The lowest BCUT2D eigenvalue weighted by molar-refractivity contribution is -0.122. The van der Waals surface area contributed by atoms with Gasteiger partial charge >= 0.3 is 0 Å². The molecule has 2 saturated heterocycles. The predicted octanol–water partition coefficient (Wildman–Crippen LogP) is 1.97. The summed E-state index contributed by atoms with van der Waals surface area (Å²) in [7, 11) is 5.96. The van der Waals surface area contributed by atoms with Gasteiger partial charge in [-0.3, -0.25) is 0 Å². The van der Waals surface area contributed by atoms with Crippen molar-refractivity contribution in [1.29, 1.82) is 0 Å². The summed E-state index contributed by atoms with van der Waals surface area (Å²) >= 11 is 0. The molecule has 4 atom stereocenters. The molecule has 2 radical (unpaired) electrons. The van der Waals surface area contributed by atoms with Crippen molar-refractivity contribution in [2.75, 3.05) is 6.61 Å². The van der Waals surface area contributed by atoms with Gasteiger partial charge in [-0.05, 0) is 18.3 Å². The van der Waals surface area contributed by atoms with E-state index in [1.807, 2.05) is 0 Å². The zero-order valence-corrected chi connectivity index (χ0v) is 10.2. The molecule has 2 heterocycles. The first-order valence-corrected chi connectivity index (χ1v) is 6.01. The molecule has 2 aliphatic heterocycles. The highest BCUT2D eigenvalue weighted by molar-refractivity contribution is 6.11. The quantitative estimate of drug-likeness (QED) is 0.660. The van der Waals surface area contributed by atoms with Crippen LogP contribution in [0, 0.1) is 17.8 Å². The van der Waals surface area contributed by atoms with E-state index in [-0.39, 0.29) is 17.7 Å². The Kier molecular flexibility index (Phi) is 2.89. The maximum Gasteiger partial charge on any atom is 0.112 e. The fourth-order valence-corrected chi connectivity index (χ4v) is 3.41. The monoisotopic (exact) mass is 208 g/mol. The van der Waals surface area contributed by atoms with Crippen molar-refractivity contribution in [3.63, 3.8) is 0 Å². The molecule has 0 aliphatic carbocycles. The second-order valence-electron chi connectivity index (χ2n) is 5.79. The molecule has 0 aromatic rings. The van der Waals surface area contributed by atoms with E-state index in [1.54, 1.807) is 0 Å². The van der Waals surface area contributed by atoms with Crippen molar-refractivity contribution in [2.24, 2.45) is 17.8 Å². The van der Waals surface area contributed by atoms with Crippen LogP contribution in [-0.4, -0.2) is 32.2 Å². The van der Waals surface area contributed by atoms with Crippen LogP contribution in [0.15, 0.2) is 0 Å². The van der Waals surface area contributed by atoms with Gasteiger partial charge in [-0.25, -0.2) is 0 Å². The minimum Gasteiger partial charge on any atom is -0.376 e. The lowest BCUT2D eigenvalue weighted by Gasteiger charge is -2.34. The average Bonchev–Trinajstić information content (AvgIpc) is 2.53. The minimum atomic E-state index is -0.218. The first-order chi connectivity index (χ1) is 6.96. The third-order valence-electron chi connectivity index (χ3n) is 3.65. The van der Waals surface area contributed by atoms with Gasteiger partial charge in [-0.15, -0.1) is 0 Å². The van der Waals surface area contributed by atoms with Crippen molar-refractivity contribution in [1.82, 2.24) is 0 Å². The van der Waals surface area contributed by atoms with E-state index in [0.717, 1.165) is 13.0 Å². The zero-order chi connectivity index (χ0) is 11.2. The summed E-state index contributed by atoms with van der Waals surface area (Å²) in [6.07, 6.45) is 1.17. The highest BCUT2D eigenvalue weighted by Crippen LogP contribution is 2.50. The molecule has 0 aromatic heterocycles. The molecule has 1 unspecified atom stereocenters. The molecule has 0 spiro atoms.